The summed E-state index contributed by atoms with van der Waals surface area (Å²) in [5, 5.41) is 14.2. The number of hydrogen-bond acceptors (Lipinski definition) is 4. The molecule has 6 heteroatoms. The number of unbranched alkanes of at least 4 members (excludes halogenated alkanes) is 1. The van der Waals surface area contributed by atoms with E-state index in [1.807, 2.05) is 19.2 Å². The van der Waals surface area contributed by atoms with Crippen molar-refractivity contribution in [2.24, 2.45) is 0 Å². The second kappa shape index (κ2) is 7.10. The quantitative estimate of drug-likeness (QED) is 0.791. The van der Waals surface area contributed by atoms with Crippen LogP contribution in [-0.4, -0.2) is 28.0 Å². The molecular formula is C12H18N2O3S. The molecule has 5 nitrogen and oxygen atoms in total. The second-order valence-electron chi connectivity index (χ2n) is 4.14. The Bertz CT molecular complexity index is 417. The summed E-state index contributed by atoms with van der Waals surface area (Å²) >= 11 is 1.48. The van der Waals surface area contributed by atoms with Gasteiger partial charge in [-0.05, 0) is 13.3 Å². The molecule has 2 N–H and O–H groups in total. The number of carbonyl (C=O) groups excluding carboxylic acids is 1. The van der Waals surface area contributed by atoms with Gasteiger partial charge in [-0.2, -0.15) is 0 Å². The first-order chi connectivity index (χ1) is 8.52. The molecule has 0 fully saturated rings. The number of carboxylic acid groups (broad SMARTS) is 1. The topological polar surface area (TPSA) is 79.3 Å². The van der Waals surface area contributed by atoms with Crippen molar-refractivity contribution in [2.45, 2.75) is 45.6 Å². The van der Waals surface area contributed by atoms with Gasteiger partial charge < -0.3 is 10.4 Å². The molecule has 0 saturated carbocycles. The Kier molecular flexibility index (Phi) is 5.77. The molecule has 0 aliphatic rings. The van der Waals surface area contributed by atoms with Crippen molar-refractivity contribution >= 4 is 23.2 Å². The molecule has 1 aromatic rings. The van der Waals surface area contributed by atoms with E-state index < -0.39 is 12.0 Å². The molecule has 1 unspecified atom stereocenters. The second-order valence-corrected chi connectivity index (χ2v) is 5.20. The van der Waals surface area contributed by atoms with Gasteiger partial charge in [0, 0.05) is 5.38 Å². The lowest BCUT2D eigenvalue weighted by atomic mass is 10.1. The van der Waals surface area contributed by atoms with Gasteiger partial charge in [-0.15, -0.1) is 11.3 Å². The Morgan fingerprint density at radius 1 is 1.56 bits per heavy atom. The van der Waals surface area contributed by atoms with Gasteiger partial charge in [0.2, 0.25) is 5.91 Å². The van der Waals surface area contributed by atoms with Gasteiger partial charge in [0.15, 0.2) is 0 Å². The van der Waals surface area contributed by atoms with Crippen molar-refractivity contribution in [3.8, 4) is 0 Å². The largest absolute Gasteiger partial charge is 0.480 e. The first-order valence-corrected chi connectivity index (χ1v) is 6.84. The average Bonchev–Trinajstić information content (AvgIpc) is 2.69. The van der Waals surface area contributed by atoms with E-state index in [9.17, 15) is 9.59 Å². The zero-order valence-electron chi connectivity index (χ0n) is 10.6. The molecule has 0 aliphatic heterocycles. The van der Waals surface area contributed by atoms with E-state index in [4.69, 9.17) is 5.11 Å². The SMILES string of the molecule is CCCCC(NC(=O)Cc1csc(C)n1)C(=O)O. The minimum absolute atomic E-state index is 0.139. The summed E-state index contributed by atoms with van der Waals surface area (Å²) < 4.78 is 0. The minimum Gasteiger partial charge on any atom is -0.480 e. The van der Waals surface area contributed by atoms with Crippen LogP contribution in [0.1, 0.15) is 36.9 Å². The number of carbonyl (C=O) groups is 2. The van der Waals surface area contributed by atoms with E-state index >= 15 is 0 Å². The van der Waals surface area contributed by atoms with Crippen LogP contribution in [-0.2, 0) is 16.0 Å². The van der Waals surface area contributed by atoms with E-state index in [2.05, 4.69) is 10.3 Å². The van der Waals surface area contributed by atoms with Gasteiger partial charge in [-0.25, -0.2) is 9.78 Å². The highest BCUT2D eigenvalue weighted by atomic mass is 32.1. The van der Waals surface area contributed by atoms with Crippen molar-refractivity contribution in [1.82, 2.24) is 10.3 Å². The molecule has 1 amide bonds. The average molecular weight is 270 g/mol. The van der Waals surface area contributed by atoms with Gasteiger partial charge in [0.1, 0.15) is 6.04 Å². The zero-order valence-corrected chi connectivity index (χ0v) is 11.4. The molecule has 0 spiro atoms. The van der Waals surface area contributed by atoms with Crippen molar-refractivity contribution in [3.05, 3.63) is 16.1 Å². The molecule has 0 radical (unpaired) electrons. The Morgan fingerprint density at radius 3 is 2.78 bits per heavy atom. The number of carboxylic acids is 1. The summed E-state index contributed by atoms with van der Waals surface area (Å²) in [5.74, 6) is -1.27. The Balaban J connectivity index is 2.48. The van der Waals surface area contributed by atoms with E-state index in [1.165, 1.54) is 11.3 Å². The predicted molar refractivity (Wildman–Crippen MR) is 69.6 cm³/mol. The van der Waals surface area contributed by atoms with Crippen molar-refractivity contribution in [1.29, 1.82) is 0 Å². The molecule has 100 valence electrons. The van der Waals surface area contributed by atoms with Gasteiger partial charge in [-0.1, -0.05) is 19.8 Å². The minimum atomic E-state index is -0.980. The molecule has 18 heavy (non-hydrogen) atoms. The maximum absolute atomic E-state index is 11.7. The molecule has 0 aromatic carbocycles. The normalized spacial score (nSPS) is 12.1. The third kappa shape index (κ3) is 4.83. The maximum atomic E-state index is 11.7. The number of aromatic nitrogens is 1. The molecule has 1 atom stereocenters. The highest BCUT2D eigenvalue weighted by Gasteiger charge is 2.19. The predicted octanol–water partition coefficient (Wildman–Crippen LogP) is 1.75. The van der Waals surface area contributed by atoms with Crippen LogP contribution in [0.25, 0.3) is 0 Å². The van der Waals surface area contributed by atoms with Gasteiger partial charge in [0.25, 0.3) is 0 Å². The number of nitrogens with one attached hydrogen (secondary N) is 1. The standard InChI is InChI=1S/C12H18N2O3S/c1-3-4-5-10(12(16)17)14-11(15)6-9-7-18-8(2)13-9/h7,10H,3-6H2,1-2H3,(H,14,15)(H,16,17). The lowest BCUT2D eigenvalue weighted by Gasteiger charge is -2.13. The van der Waals surface area contributed by atoms with Gasteiger partial charge >= 0.3 is 5.97 Å². The summed E-state index contributed by atoms with van der Waals surface area (Å²) in [6.07, 6.45) is 2.30. The number of hydrogen-bond donors (Lipinski definition) is 2. The fourth-order valence-corrected chi connectivity index (χ4v) is 2.18. The van der Waals surface area contributed by atoms with Gasteiger partial charge in [0.05, 0.1) is 17.1 Å². The number of amides is 1. The molecule has 0 bridgehead atoms. The Morgan fingerprint density at radius 2 is 2.28 bits per heavy atom. The van der Waals surface area contributed by atoms with Crippen LogP contribution >= 0.6 is 11.3 Å². The number of thiazole rings is 1. The van der Waals surface area contributed by atoms with Crippen molar-refractivity contribution in [2.75, 3.05) is 0 Å². The molecule has 1 rings (SSSR count). The molecule has 0 saturated heterocycles. The number of aliphatic carboxylic acids is 1. The van der Waals surface area contributed by atoms with Crippen LogP contribution < -0.4 is 5.32 Å². The van der Waals surface area contributed by atoms with Crippen molar-refractivity contribution in [3.63, 3.8) is 0 Å². The smallest absolute Gasteiger partial charge is 0.326 e. The van der Waals surface area contributed by atoms with E-state index in [0.29, 0.717) is 12.1 Å². The fraction of sp³-hybridized carbons (Fsp3) is 0.583. The van der Waals surface area contributed by atoms with E-state index in [1.54, 1.807) is 0 Å². The van der Waals surface area contributed by atoms with Crippen LogP contribution in [0.2, 0.25) is 0 Å². The molecular weight excluding hydrogens is 252 g/mol. The third-order valence-corrected chi connectivity index (χ3v) is 3.31. The third-order valence-electron chi connectivity index (χ3n) is 2.49. The van der Waals surface area contributed by atoms with Crippen LogP contribution in [0.4, 0.5) is 0 Å². The number of aryl methyl sites for hydroxylation is 1. The molecule has 1 aromatic heterocycles. The molecule has 1 heterocycles. The summed E-state index contributed by atoms with van der Waals surface area (Å²) in [5.41, 5.74) is 0.689. The van der Waals surface area contributed by atoms with Crippen molar-refractivity contribution < 1.29 is 14.7 Å². The Labute approximate surface area is 110 Å². The highest BCUT2D eigenvalue weighted by Crippen LogP contribution is 2.08. The fourth-order valence-electron chi connectivity index (χ4n) is 1.56. The Hall–Kier alpha value is -1.43. The van der Waals surface area contributed by atoms with Gasteiger partial charge in [-0.3, -0.25) is 4.79 Å². The first kappa shape index (κ1) is 14.6. The van der Waals surface area contributed by atoms with E-state index in [-0.39, 0.29) is 12.3 Å². The highest BCUT2D eigenvalue weighted by molar-refractivity contribution is 7.09. The number of nitrogens with zero attached hydrogens (tertiary/aromatic N) is 1. The summed E-state index contributed by atoms with van der Waals surface area (Å²) in [7, 11) is 0. The first-order valence-electron chi connectivity index (χ1n) is 5.96. The van der Waals surface area contributed by atoms with Crippen LogP contribution in [0.15, 0.2) is 5.38 Å². The summed E-state index contributed by atoms with van der Waals surface area (Å²) in [6.45, 7) is 3.85. The lowest BCUT2D eigenvalue weighted by molar-refractivity contribution is -0.142. The summed E-state index contributed by atoms with van der Waals surface area (Å²) in [6, 6.07) is -0.794. The lowest BCUT2D eigenvalue weighted by Crippen LogP contribution is -2.41. The maximum Gasteiger partial charge on any atom is 0.326 e. The molecule has 0 aliphatic carbocycles. The zero-order chi connectivity index (χ0) is 13.5. The van der Waals surface area contributed by atoms with E-state index in [0.717, 1.165) is 17.8 Å². The number of rotatable bonds is 7. The monoisotopic (exact) mass is 270 g/mol. The summed E-state index contributed by atoms with van der Waals surface area (Å²) in [4.78, 5) is 26.8. The van der Waals surface area contributed by atoms with Crippen LogP contribution in [0, 0.1) is 6.92 Å². The van der Waals surface area contributed by atoms with Crippen LogP contribution in [0.3, 0.4) is 0 Å². The van der Waals surface area contributed by atoms with Crippen LogP contribution in [0.5, 0.6) is 0 Å².